The van der Waals surface area contributed by atoms with Crippen molar-refractivity contribution in [2.45, 2.75) is 44.2 Å². The fourth-order valence-corrected chi connectivity index (χ4v) is 4.21. The highest BCUT2D eigenvalue weighted by atomic mass is 19.1. The molecule has 2 aromatic rings. The topological polar surface area (TPSA) is 76.1 Å². The second kappa shape index (κ2) is 7.70. The van der Waals surface area contributed by atoms with E-state index < -0.39 is 5.67 Å². The molecule has 0 unspecified atom stereocenters. The quantitative estimate of drug-likeness (QED) is 0.807. The molecule has 7 heteroatoms. The van der Waals surface area contributed by atoms with E-state index >= 15 is 0 Å². The van der Waals surface area contributed by atoms with Crippen molar-refractivity contribution < 1.29 is 13.9 Å². The first kappa shape index (κ1) is 19.0. The van der Waals surface area contributed by atoms with Gasteiger partial charge in [0.2, 0.25) is 5.95 Å². The van der Waals surface area contributed by atoms with Crippen LogP contribution in [-0.2, 0) is 6.42 Å². The van der Waals surface area contributed by atoms with Crippen LogP contribution >= 0.6 is 0 Å². The minimum atomic E-state index is -1.12. The Labute approximate surface area is 175 Å². The van der Waals surface area contributed by atoms with E-state index in [2.05, 4.69) is 21.7 Å². The standard InChI is InChI=1S/C23H25FN4O2/c24-23(8-3-9-23)14-27-22-26-13-18-16(4-1-2-5-19(18)28-22)15-6-7-17-20(12-15)30-11-10-25-21(17)29/h4,6-7,12-13H,1-3,5,8-11,14H2,(H,25,29)(H,26,27,28). The van der Waals surface area contributed by atoms with Crippen LogP contribution in [0, 0.1) is 0 Å². The van der Waals surface area contributed by atoms with E-state index in [4.69, 9.17) is 9.72 Å². The summed E-state index contributed by atoms with van der Waals surface area (Å²) in [6.45, 7) is 1.21. The third-order valence-corrected chi connectivity index (χ3v) is 6.12. The lowest BCUT2D eigenvalue weighted by Gasteiger charge is -2.33. The molecule has 3 aliphatic rings. The predicted octanol–water partition coefficient (Wildman–Crippen LogP) is 3.67. The van der Waals surface area contributed by atoms with Gasteiger partial charge in [0, 0.05) is 11.8 Å². The van der Waals surface area contributed by atoms with Crippen LogP contribution in [0.15, 0.2) is 30.5 Å². The highest BCUT2D eigenvalue weighted by Gasteiger charge is 2.36. The normalized spacial score (nSPS) is 19.6. The Morgan fingerprint density at radius 1 is 1.23 bits per heavy atom. The monoisotopic (exact) mass is 408 g/mol. The summed E-state index contributed by atoms with van der Waals surface area (Å²) in [5, 5.41) is 5.91. The average molecular weight is 408 g/mol. The minimum absolute atomic E-state index is 0.111. The van der Waals surface area contributed by atoms with Gasteiger partial charge in [0.1, 0.15) is 18.0 Å². The zero-order valence-corrected chi connectivity index (χ0v) is 16.8. The summed E-state index contributed by atoms with van der Waals surface area (Å²) in [4.78, 5) is 21.3. The number of hydrogen-bond acceptors (Lipinski definition) is 5. The van der Waals surface area contributed by atoms with Gasteiger partial charge in [0.15, 0.2) is 0 Å². The molecule has 1 aromatic heterocycles. The van der Waals surface area contributed by atoms with Gasteiger partial charge in [-0.15, -0.1) is 0 Å². The van der Waals surface area contributed by atoms with Gasteiger partial charge in [0.05, 0.1) is 24.3 Å². The summed E-state index contributed by atoms with van der Waals surface area (Å²) in [7, 11) is 0. The summed E-state index contributed by atoms with van der Waals surface area (Å²) in [6, 6.07) is 5.69. The lowest BCUT2D eigenvalue weighted by Crippen LogP contribution is -2.39. The molecule has 1 aromatic carbocycles. The first-order valence-corrected chi connectivity index (χ1v) is 10.7. The van der Waals surface area contributed by atoms with Crippen molar-refractivity contribution in [2.24, 2.45) is 0 Å². The van der Waals surface area contributed by atoms with Gasteiger partial charge < -0.3 is 15.4 Å². The number of benzene rings is 1. The predicted molar refractivity (Wildman–Crippen MR) is 112 cm³/mol. The van der Waals surface area contributed by atoms with Crippen LogP contribution < -0.4 is 15.4 Å². The molecule has 30 heavy (non-hydrogen) atoms. The average Bonchev–Trinajstić information content (AvgIpc) is 3.06. The smallest absolute Gasteiger partial charge is 0.255 e. The summed E-state index contributed by atoms with van der Waals surface area (Å²) in [5.41, 5.74) is 3.41. The van der Waals surface area contributed by atoms with Gasteiger partial charge in [-0.2, -0.15) is 0 Å². The maximum Gasteiger partial charge on any atom is 0.255 e. The molecule has 0 saturated heterocycles. The van der Waals surface area contributed by atoms with Gasteiger partial charge >= 0.3 is 0 Å². The van der Waals surface area contributed by atoms with Crippen LogP contribution in [0.5, 0.6) is 5.75 Å². The van der Waals surface area contributed by atoms with Gasteiger partial charge in [0.25, 0.3) is 5.91 Å². The second-order valence-corrected chi connectivity index (χ2v) is 8.24. The van der Waals surface area contributed by atoms with Crippen molar-refractivity contribution in [3.05, 3.63) is 52.9 Å². The minimum Gasteiger partial charge on any atom is -0.491 e. The molecule has 2 N–H and O–H groups in total. The number of nitrogens with one attached hydrogen (secondary N) is 2. The number of carbonyl (C=O) groups excluding carboxylic acids is 1. The Bertz CT molecular complexity index is 1020. The molecule has 156 valence electrons. The van der Waals surface area contributed by atoms with Crippen molar-refractivity contribution >= 4 is 17.4 Å². The van der Waals surface area contributed by atoms with Gasteiger partial charge in [-0.3, -0.25) is 4.79 Å². The van der Waals surface area contributed by atoms with E-state index in [1.54, 1.807) is 0 Å². The molecule has 0 bridgehead atoms. The number of halogens is 1. The first-order chi connectivity index (χ1) is 14.6. The Hall–Kier alpha value is -2.96. The molecule has 1 amide bonds. The first-order valence-electron chi connectivity index (χ1n) is 10.7. The Morgan fingerprint density at radius 3 is 2.97 bits per heavy atom. The zero-order valence-electron chi connectivity index (χ0n) is 16.8. The van der Waals surface area contributed by atoms with E-state index in [-0.39, 0.29) is 12.5 Å². The van der Waals surface area contributed by atoms with E-state index in [1.165, 1.54) is 0 Å². The second-order valence-electron chi connectivity index (χ2n) is 8.24. The van der Waals surface area contributed by atoms with Gasteiger partial charge in [-0.25, -0.2) is 14.4 Å². The maximum atomic E-state index is 14.3. The Kier molecular flexibility index (Phi) is 4.89. The largest absolute Gasteiger partial charge is 0.491 e. The number of fused-ring (bicyclic) bond motifs is 2. The fraction of sp³-hybridized carbons (Fsp3) is 0.435. The number of amides is 1. The number of aryl methyl sites for hydroxylation is 1. The lowest BCUT2D eigenvalue weighted by molar-refractivity contribution is 0.0782. The van der Waals surface area contributed by atoms with Crippen LogP contribution in [0.1, 0.15) is 59.3 Å². The SMILES string of the molecule is O=C1NCCOc2cc(C3=CCCCc4nc(NCC5(F)CCC5)ncc43)ccc21. The molecule has 0 spiro atoms. The van der Waals surface area contributed by atoms with Crippen LogP contribution in [0.25, 0.3) is 5.57 Å². The van der Waals surface area contributed by atoms with Crippen LogP contribution in [0.4, 0.5) is 10.3 Å². The Balaban J connectivity index is 1.44. The molecule has 1 fully saturated rings. The number of rotatable bonds is 4. The van der Waals surface area contributed by atoms with E-state index in [0.29, 0.717) is 43.3 Å². The number of ether oxygens (including phenoxy) is 1. The van der Waals surface area contributed by atoms with Crippen LogP contribution in [0.3, 0.4) is 0 Å². The number of allylic oxidation sites excluding steroid dienone is 1. The molecule has 0 atom stereocenters. The number of alkyl halides is 1. The fourth-order valence-electron chi connectivity index (χ4n) is 4.21. The Morgan fingerprint density at radius 2 is 2.13 bits per heavy atom. The number of nitrogens with zero attached hydrogens (tertiary/aromatic N) is 2. The molecule has 2 heterocycles. The van der Waals surface area contributed by atoms with Crippen molar-refractivity contribution in [1.82, 2.24) is 15.3 Å². The molecule has 0 radical (unpaired) electrons. The van der Waals surface area contributed by atoms with Crippen molar-refractivity contribution in [2.75, 3.05) is 25.0 Å². The van der Waals surface area contributed by atoms with Crippen LogP contribution in [-0.4, -0.2) is 41.2 Å². The van der Waals surface area contributed by atoms with Gasteiger partial charge in [-0.05, 0) is 61.8 Å². The van der Waals surface area contributed by atoms with Crippen molar-refractivity contribution in [3.8, 4) is 5.75 Å². The summed E-state index contributed by atoms with van der Waals surface area (Å²) < 4.78 is 20.1. The van der Waals surface area contributed by atoms with Crippen molar-refractivity contribution in [1.29, 1.82) is 0 Å². The zero-order chi connectivity index (χ0) is 20.6. The van der Waals surface area contributed by atoms with E-state index in [1.807, 2.05) is 24.4 Å². The number of carbonyl (C=O) groups is 1. The number of anilines is 1. The molecule has 1 saturated carbocycles. The van der Waals surface area contributed by atoms with E-state index in [0.717, 1.165) is 48.1 Å². The highest BCUT2D eigenvalue weighted by molar-refractivity contribution is 5.98. The van der Waals surface area contributed by atoms with Crippen molar-refractivity contribution in [3.63, 3.8) is 0 Å². The molecule has 5 rings (SSSR count). The molecule has 1 aliphatic heterocycles. The third kappa shape index (κ3) is 3.64. The van der Waals surface area contributed by atoms with E-state index in [9.17, 15) is 9.18 Å². The maximum absolute atomic E-state index is 14.3. The summed E-state index contributed by atoms with van der Waals surface area (Å²) >= 11 is 0. The number of aromatic nitrogens is 2. The molecular weight excluding hydrogens is 383 g/mol. The number of hydrogen-bond donors (Lipinski definition) is 2. The summed E-state index contributed by atoms with van der Waals surface area (Å²) in [5.74, 6) is 0.975. The highest BCUT2D eigenvalue weighted by Crippen LogP contribution is 2.36. The lowest BCUT2D eigenvalue weighted by atomic mass is 9.82. The van der Waals surface area contributed by atoms with Gasteiger partial charge in [-0.1, -0.05) is 12.1 Å². The molecular formula is C23H25FN4O2. The third-order valence-electron chi connectivity index (χ3n) is 6.12. The molecule has 2 aliphatic carbocycles. The molecule has 6 nitrogen and oxygen atoms in total. The van der Waals surface area contributed by atoms with Crippen LogP contribution in [0.2, 0.25) is 0 Å². The summed E-state index contributed by atoms with van der Waals surface area (Å²) in [6.07, 6.45) is 8.95.